The molecule has 4 nitrogen and oxygen atoms in total. The third-order valence-electron chi connectivity index (χ3n) is 9.48. The van der Waals surface area contributed by atoms with E-state index in [0.29, 0.717) is 17.0 Å². The summed E-state index contributed by atoms with van der Waals surface area (Å²) in [6.45, 7) is 11.4. The number of ketones is 1. The number of fused-ring (bicyclic) bond motifs is 5. The summed E-state index contributed by atoms with van der Waals surface area (Å²) >= 11 is 0. The number of carbonyl (C=O) groups excluding carboxylic acids is 1. The molecule has 1 heterocycles. The van der Waals surface area contributed by atoms with Crippen LogP contribution >= 0.6 is 0 Å². The molecule has 1 unspecified atom stereocenters. The predicted molar refractivity (Wildman–Crippen MR) is 188 cm³/mol. The van der Waals surface area contributed by atoms with Gasteiger partial charge >= 0.3 is 0 Å². The Bertz CT molecular complexity index is 2120. The highest BCUT2D eigenvalue weighted by Crippen LogP contribution is 2.40. The molecule has 0 saturated carbocycles. The number of hydrogen-bond donors (Lipinski definition) is 1. The van der Waals surface area contributed by atoms with Crippen LogP contribution in [0.15, 0.2) is 90.1 Å². The maximum absolute atomic E-state index is 15.0. The first-order valence-electron chi connectivity index (χ1n) is 16.3. The van der Waals surface area contributed by atoms with Gasteiger partial charge in [-0.3, -0.25) is 4.79 Å². The zero-order valence-electron chi connectivity index (χ0n) is 27.3. The van der Waals surface area contributed by atoms with Crippen LogP contribution in [0.5, 0.6) is 0 Å². The van der Waals surface area contributed by atoms with Crippen LogP contribution in [-0.2, 0) is 6.54 Å². The Balaban J connectivity index is 1.72. The van der Waals surface area contributed by atoms with Crippen molar-refractivity contribution in [3.63, 3.8) is 0 Å². The molecule has 0 amide bonds. The highest BCUT2D eigenvalue weighted by atomic mass is 19.1. The number of carbonyl (C=O) groups is 1. The maximum Gasteiger partial charge on any atom is 0.194 e. The topological polar surface area (TPSA) is 54.6 Å². The summed E-state index contributed by atoms with van der Waals surface area (Å²) in [7, 11) is 0. The number of oxime groups is 1. The molecule has 0 bridgehead atoms. The van der Waals surface area contributed by atoms with Crippen LogP contribution < -0.4 is 0 Å². The predicted octanol–water partition coefficient (Wildman–Crippen LogP) is 10.7. The molecule has 46 heavy (non-hydrogen) atoms. The van der Waals surface area contributed by atoms with Crippen LogP contribution in [0, 0.1) is 32.5 Å². The van der Waals surface area contributed by atoms with Gasteiger partial charge in [0, 0.05) is 50.5 Å². The van der Waals surface area contributed by atoms with Crippen molar-refractivity contribution in [1.29, 1.82) is 0 Å². The van der Waals surface area contributed by atoms with Crippen molar-refractivity contribution in [1.82, 2.24) is 4.57 Å². The number of halogens is 1. The average molecular weight is 613 g/mol. The fraction of sp³-hybridized carbons (Fsp3) is 0.268. The van der Waals surface area contributed by atoms with Crippen molar-refractivity contribution < 1.29 is 14.4 Å². The molecule has 1 aromatic heterocycles. The quantitative estimate of drug-likeness (QED) is 0.0724. The van der Waals surface area contributed by atoms with Crippen LogP contribution in [-0.4, -0.2) is 21.3 Å². The molecule has 0 spiro atoms. The van der Waals surface area contributed by atoms with E-state index in [2.05, 4.69) is 54.8 Å². The summed E-state index contributed by atoms with van der Waals surface area (Å²) in [6.07, 6.45) is 4.48. The van der Waals surface area contributed by atoms with Gasteiger partial charge < -0.3 is 9.77 Å². The van der Waals surface area contributed by atoms with E-state index < -0.39 is 5.82 Å². The van der Waals surface area contributed by atoms with Gasteiger partial charge in [0.15, 0.2) is 5.78 Å². The maximum atomic E-state index is 15.0. The smallest absolute Gasteiger partial charge is 0.194 e. The van der Waals surface area contributed by atoms with E-state index >= 15 is 0 Å². The van der Waals surface area contributed by atoms with Crippen LogP contribution in [0.3, 0.4) is 0 Å². The summed E-state index contributed by atoms with van der Waals surface area (Å²) in [5.74, 6) is -0.0174. The lowest BCUT2D eigenvalue weighted by Crippen LogP contribution is -2.11. The SMILES string of the molecule is CCCCC(CC)Cn1c2ccc(C(=NO)c3ccccc3F)cc2c2c(C(=O)c3c(C)cc(C)cc3C)cc3ccccc3c21. The van der Waals surface area contributed by atoms with E-state index in [9.17, 15) is 14.4 Å². The molecule has 0 aliphatic rings. The summed E-state index contributed by atoms with van der Waals surface area (Å²) in [4.78, 5) is 14.7. The summed E-state index contributed by atoms with van der Waals surface area (Å²) in [6, 6.07) is 26.7. The summed E-state index contributed by atoms with van der Waals surface area (Å²) in [5, 5.41) is 17.6. The number of aromatic nitrogens is 1. The van der Waals surface area contributed by atoms with Crippen LogP contribution in [0.2, 0.25) is 0 Å². The lowest BCUT2D eigenvalue weighted by atomic mass is 9.89. The Hall–Kier alpha value is -4.77. The van der Waals surface area contributed by atoms with Gasteiger partial charge in [0.1, 0.15) is 11.5 Å². The number of benzene rings is 5. The van der Waals surface area contributed by atoms with Crippen LogP contribution in [0.25, 0.3) is 32.6 Å². The molecular formula is C41H41FN2O2. The van der Waals surface area contributed by atoms with Crippen molar-refractivity contribution in [2.75, 3.05) is 0 Å². The molecule has 0 saturated heterocycles. The van der Waals surface area contributed by atoms with Gasteiger partial charge in [0.2, 0.25) is 0 Å². The molecule has 0 radical (unpaired) electrons. The summed E-state index contributed by atoms with van der Waals surface area (Å²) in [5.41, 5.74) is 7.35. The van der Waals surface area contributed by atoms with Gasteiger partial charge in [-0.05, 0) is 80.0 Å². The molecular weight excluding hydrogens is 571 g/mol. The fourth-order valence-electron chi connectivity index (χ4n) is 7.26. The van der Waals surface area contributed by atoms with Gasteiger partial charge in [-0.25, -0.2) is 4.39 Å². The lowest BCUT2D eigenvalue weighted by molar-refractivity contribution is 0.103. The molecule has 5 heteroatoms. The third kappa shape index (κ3) is 5.49. The molecule has 0 aliphatic heterocycles. The van der Waals surface area contributed by atoms with E-state index in [4.69, 9.17) is 0 Å². The fourth-order valence-corrected chi connectivity index (χ4v) is 7.26. The largest absolute Gasteiger partial charge is 0.410 e. The second-order valence-electron chi connectivity index (χ2n) is 12.7. The second kappa shape index (κ2) is 12.9. The number of nitrogens with zero attached hydrogens (tertiary/aromatic N) is 2. The average Bonchev–Trinajstić information content (AvgIpc) is 3.36. The molecule has 6 aromatic rings. The van der Waals surface area contributed by atoms with Crippen LogP contribution in [0.1, 0.15) is 83.3 Å². The van der Waals surface area contributed by atoms with Crippen molar-refractivity contribution in [3.8, 4) is 0 Å². The molecule has 0 aliphatic carbocycles. The normalized spacial score (nSPS) is 12.8. The first kappa shape index (κ1) is 31.2. The summed E-state index contributed by atoms with van der Waals surface area (Å²) < 4.78 is 17.4. The molecule has 1 N–H and O–H groups in total. The van der Waals surface area contributed by atoms with E-state index in [1.807, 2.05) is 50.2 Å². The Kier molecular flexibility index (Phi) is 8.77. The molecule has 234 valence electrons. The molecule has 6 rings (SSSR count). The molecule has 5 aromatic carbocycles. The van der Waals surface area contributed by atoms with Crippen molar-refractivity contribution >= 4 is 44.1 Å². The van der Waals surface area contributed by atoms with Crippen LogP contribution in [0.4, 0.5) is 4.39 Å². The Morgan fingerprint density at radius 1 is 0.870 bits per heavy atom. The first-order valence-corrected chi connectivity index (χ1v) is 16.3. The van der Waals surface area contributed by atoms with E-state index in [1.165, 1.54) is 6.07 Å². The minimum atomic E-state index is -0.466. The number of unbranched alkanes of at least 4 members (excludes halogenated alkanes) is 1. The second-order valence-corrected chi connectivity index (χ2v) is 12.7. The standard InChI is InChI=1S/C41H41FN2O2/c1-6-8-13-28(7-2)24-44-36-19-18-30(39(43-46)32-16-11-12-17-35(32)42)23-33(36)38-34(22-29-14-9-10-15-31(29)40(38)44)41(45)37-26(4)20-25(3)21-27(37)5/h9-12,14-23,28,46H,6-8,13,24H2,1-5H3. The third-order valence-corrected chi connectivity index (χ3v) is 9.48. The Morgan fingerprint density at radius 2 is 1.59 bits per heavy atom. The van der Waals surface area contributed by atoms with Gasteiger partial charge in [-0.2, -0.15) is 0 Å². The highest BCUT2D eigenvalue weighted by molar-refractivity contribution is 6.29. The zero-order chi connectivity index (χ0) is 32.5. The minimum absolute atomic E-state index is 0.0154. The van der Waals surface area contributed by atoms with Crippen molar-refractivity contribution in [2.24, 2.45) is 11.1 Å². The van der Waals surface area contributed by atoms with Crippen molar-refractivity contribution in [2.45, 2.75) is 66.8 Å². The minimum Gasteiger partial charge on any atom is -0.410 e. The zero-order valence-corrected chi connectivity index (χ0v) is 27.3. The van der Waals surface area contributed by atoms with Gasteiger partial charge in [-0.15, -0.1) is 0 Å². The molecule has 1 atom stereocenters. The van der Waals surface area contributed by atoms with Gasteiger partial charge in [-0.1, -0.05) is 98.4 Å². The van der Waals surface area contributed by atoms with Crippen molar-refractivity contribution in [3.05, 3.63) is 130 Å². The van der Waals surface area contributed by atoms with E-state index in [0.717, 1.165) is 87.1 Å². The number of aryl methyl sites for hydroxylation is 3. The molecule has 0 fully saturated rings. The highest BCUT2D eigenvalue weighted by Gasteiger charge is 2.25. The Morgan fingerprint density at radius 3 is 2.28 bits per heavy atom. The Labute approximate surface area is 270 Å². The lowest BCUT2D eigenvalue weighted by Gasteiger charge is -2.19. The number of rotatable bonds is 10. The van der Waals surface area contributed by atoms with Gasteiger partial charge in [0.05, 0.1) is 5.52 Å². The van der Waals surface area contributed by atoms with E-state index in [1.54, 1.807) is 18.2 Å². The van der Waals surface area contributed by atoms with E-state index in [-0.39, 0.29) is 17.1 Å². The van der Waals surface area contributed by atoms with Gasteiger partial charge in [0.25, 0.3) is 0 Å². The first-order chi connectivity index (χ1) is 22.3. The number of hydrogen-bond acceptors (Lipinski definition) is 3. The monoisotopic (exact) mass is 612 g/mol.